The Bertz CT molecular complexity index is 1470. The van der Waals surface area contributed by atoms with E-state index >= 15 is 0 Å². The molecule has 1 aliphatic rings. The number of carbonyl (C=O) groups excluding carboxylic acids is 1. The van der Waals surface area contributed by atoms with Crippen LogP contribution < -0.4 is 20.5 Å². The Morgan fingerprint density at radius 3 is 2.49 bits per heavy atom. The molecule has 0 bridgehead atoms. The number of benzene rings is 1. The summed E-state index contributed by atoms with van der Waals surface area (Å²) in [6, 6.07) is 0.599. The van der Waals surface area contributed by atoms with Crippen molar-refractivity contribution < 1.29 is 37.7 Å². The van der Waals surface area contributed by atoms with Crippen molar-refractivity contribution in [3.8, 4) is 23.3 Å². The van der Waals surface area contributed by atoms with Crippen molar-refractivity contribution in [2.24, 2.45) is 0 Å². The largest absolute Gasteiger partial charge is 0.493 e. The lowest BCUT2D eigenvalue weighted by Crippen LogP contribution is -2.29. The smallest absolute Gasteiger partial charge is 0.407 e. The molecule has 2 amide bonds. The van der Waals surface area contributed by atoms with Crippen LogP contribution in [0.3, 0.4) is 0 Å². The average Bonchev–Trinajstić information content (AvgIpc) is 3.55. The zero-order valence-electron chi connectivity index (χ0n) is 21.4. The maximum absolute atomic E-state index is 14.9. The third kappa shape index (κ3) is 5.21. The second kappa shape index (κ2) is 11.4. The second-order valence-electron chi connectivity index (χ2n) is 8.53. The number of carboxylic acid groups (broad SMARTS) is 1. The fraction of sp³-hybridized carbons (Fsp3) is 0.360. The lowest BCUT2D eigenvalue weighted by molar-refractivity contribution is 0.0937. The SMILES string of the molecule is COCCNC(=O)c1cnc(N)c2c(C#Cc3c(F)c(OC)cc(OC)c3F)nn([C@H]3CCN(C(=O)O)C3)c12. The number of rotatable bonds is 7. The van der Waals surface area contributed by atoms with Crippen molar-refractivity contribution in [3.63, 3.8) is 0 Å². The average molecular weight is 545 g/mol. The quantitative estimate of drug-likeness (QED) is 0.299. The number of ether oxygens (including phenoxy) is 3. The second-order valence-corrected chi connectivity index (χ2v) is 8.53. The number of amides is 2. The zero-order valence-corrected chi connectivity index (χ0v) is 21.4. The minimum atomic E-state index is -1.09. The number of carbonyl (C=O) groups is 2. The fourth-order valence-electron chi connectivity index (χ4n) is 4.31. The number of anilines is 1. The van der Waals surface area contributed by atoms with Gasteiger partial charge < -0.3 is 35.3 Å². The molecular weight excluding hydrogens is 518 g/mol. The van der Waals surface area contributed by atoms with Gasteiger partial charge in [0.1, 0.15) is 17.1 Å². The monoisotopic (exact) mass is 544 g/mol. The summed E-state index contributed by atoms with van der Waals surface area (Å²) in [6.07, 6.45) is 0.593. The molecule has 14 heteroatoms. The molecule has 1 saturated heterocycles. The van der Waals surface area contributed by atoms with E-state index in [-0.39, 0.29) is 65.7 Å². The van der Waals surface area contributed by atoms with Gasteiger partial charge in [-0.1, -0.05) is 5.92 Å². The van der Waals surface area contributed by atoms with Gasteiger partial charge >= 0.3 is 6.09 Å². The standard InChI is InChI=1S/C25H26F2N6O6/c1-37-9-7-29-24(34)15-11-30-23(28)19-16(31-33(22(15)19)13-6-8-32(12-13)25(35)36)5-4-14-20(26)17(38-2)10-18(39-3)21(14)27/h10-11,13H,6-9,12H2,1-3H3,(H2,28,30)(H,29,34)(H,35,36)/t13-/m0/s1. The molecule has 3 aromatic rings. The first kappa shape index (κ1) is 27.4. The number of hydrogen-bond donors (Lipinski definition) is 3. The Morgan fingerprint density at radius 2 is 1.90 bits per heavy atom. The molecule has 0 radical (unpaired) electrons. The molecule has 1 aromatic carbocycles. The zero-order chi connectivity index (χ0) is 28.3. The van der Waals surface area contributed by atoms with Crippen LogP contribution in [0.25, 0.3) is 10.9 Å². The van der Waals surface area contributed by atoms with E-state index < -0.39 is 35.2 Å². The Morgan fingerprint density at radius 1 is 1.21 bits per heavy atom. The summed E-state index contributed by atoms with van der Waals surface area (Å²) >= 11 is 0. The highest BCUT2D eigenvalue weighted by Crippen LogP contribution is 2.33. The first-order valence-corrected chi connectivity index (χ1v) is 11.7. The van der Waals surface area contributed by atoms with E-state index in [1.54, 1.807) is 0 Å². The summed E-state index contributed by atoms with van der Waals surface area (Å²) in [6.45, 7) is 0.833. The summed E-state index contributed by atoms with van der Waals surface area (Å²) in [5.74, 6) is 1.96. The molecular formula is C25H26F2N6O6. The number of hydrogen-bond acceptors (Lipinski definition) is 8. The van der Waals surface area contributed by atoms with Crippen molar-refractivity contribution >= 4 is 28.7 Å². The Balaban J connectivity index is 1.91. The normalized spacial score (nSPS) is 14.7. The number of likely N-dealkylation sites (tertiary alicyclic amines) is 1. The van der Waals surface area contributed by atoms with Crippen LogP contribution in [-0.4, -0.2) is 84.3 Å². The molecule has 1 fully saturated rings. The summed E-state index contributed by atoms with van der Waals surface area (Å²) in [5, 5.41) is 16.8. The van der Waals surface area contributed by atoms with Gasteiger partial charge in [-0.15, -0.1) is 0 Å². The summed E-state index contributed by atoms with van der Waals surface area (Å²) in [7, 11) is 3.93. The summed E-state index contributed by atoms with van der Waals surface area (Å²) in [4.78, 5) is 29.9. The molecule has 2 aromatic heterocycles. The maximum Gasteiger partial charge on any atom is 0.407 e. The Kier molecular flexibility index (Phi) is 8.01. The number of fused-ring (bicyclic) bond motifs is 1. The van der Waals surface area contributed by atoms with E-state index in [1.807, 2.05) is 0 Å². The molecule has 4 rings (SSSR count). The molecule has 0 aliphatic carbocycles. The van der Waals surface area contributed by atoms with Gasteiger partial charge in [-0.25, -0.2) is 18.6 Å². The van der Waals surface area contributed by atoms with Gasteiger partial charge in [0, 0.05) is 39.0 Å². The first-order chi connectivity index (χ1) is 18.7. The molecule has 0 unspecified atom stereocenters. The number of pyridine rings is 1. The highest BCUT2D eigenvalue weighted by atomic mass is 19.1. The predicted octanol–water partition coefficient (Wildman–Crippen LogP) is 2.01. The number of nitrogens with two attached hydrogens (primary N) is 1. The van der Waals surface area contributed by atoms with E-state index in [1.165, 1.54) is 37.1 Å². The van der Waals surface area contributed by atoms with Crippen LogP contribution in [-0.2, 0) is 4.74 Å². The number of nitrogens with one attached hydrogen (secondary N) is 1. The van der Waals surface area contributed by atoms with Crippen molar-refractivity contribution in [1.29, 1.82) is 0 Å². The fourth-order valence-corrected chi connectivity index (χ4v) is 4.31. The van der Waals surface area contributed by atoms with Crippen LogP contribution in [0.5, 0.6) is 11.5 Å². The van der Waals surface area contributed by atoms with E-state index in [2.05, 4.69) is 27.2 Å². The van der Waals surface area contributed by atoms with Gasteiger partial charge in [-0.3, -0.25) is 9.48 Å². The van der Waals surface area contributed by atoms with Crippen LogP contribution >= 0.6 is 0 Å². The number of aromatic nitrogens is 3. The van der Waals surface area contributed by atoms with Crippen LogP contribution in [0.2, 0.25) is 0 Å². The minimum absolute atomic E-state index is 0.00379. The van der Waals surface area contributed by atoms with Gasteiger partial charge in [-0.2, -0.15) is 5.10 Å². The van der Waals surface area contributed by atoms with Crippen LogP contribution in [0.4, 0.5) is 19.4 Å². The highest BCUT2D eigenvalue weighted by molar-refractivity contribution is 6.09. The third-order valence-electron chi connectivity index (χ3n) is 6.25. The van der Waals surface area contributed by atoms with Gasteiger partial charge in [0.2, 0.25) is 0 Å². The summed E-state index contributed by atoms with van der Waals surface area (Å²) < 4.78 is 46.2. The molecule has 0 spiro atoms. The molecule has 0 saturated carbocycles. The van der Waals surface area contributed by atoms with Crippen molar-refractivity contribution in [2.45, 2.75) is 12.5 Å². The third-order valence-corrected chi connectivity index (χ3v) is 6.25. The first-order valence-electron chi connectivity index (χ1n) is 11.7. The van der Waals surface area contributed by atoms with Gasteiger partial charge in [-0.05, 0) is 12.3 Å². The van der Waals surface area contributed by atoms with E-state index in [9.17, 15) is 23.5 Å². The molecule has 3 heterocycles. The number of halogens is 2. The van der Waals surface area contributed by atoms with Gasteiger partial charge in [0.05, 0.1) is 43.3 Å². The van der Waals surface area contributed by atoms with Gasteiger partial charge in [0.15, 0.2) is 23.1 Å². The van der Waals surface area contributed by atoms with E-state index in [4.69, 9.17) is 19.9 Å². The van der Waals surface area contributed by atoms with Crippen LogP contribution in [0.15, 0.2) is 12.3 Å². The highest BCUT2D eigenvalue weighted by Gasteiger charge is 2.31. The minimum Gasteiger partial charge on any atom is -0.493 e. The maximum atomic E-state index is 14.9. The number of methoxy groups -OCH3 is 3. The molecule has 39 heavy (non-hydrogen) atoms. The molecule has 1 aliphatic heterocycles. The van der Waals surface area contributed by atoms with Crippen molar-refractivity contribution in [2.75, 3.05) is 53.3 Å². The lowest BCUT2D eigenvalue weighted by atomic mass is 10.1. The van der Waals surface area contributed by atoms with Crippen LogP contribution in [0, 0.1) is 23.5 Å². The number of nitrogens with zero attached hydrogens (tertiary/aromatic N) is 4. The topological polar surface area (TPSA) is 154 Å². The van der Waals surface area contributed by atoms with E-state index in [0.717, 1.165) is 6.07 Å². The summed E-state index contributed by atoms with van der Waals surface area (Å²) in [5.41, 5.74) is 5.94. The Hall–Kier alpha value is -4.64. The van der Waals surface area contributed by atoms with E-state index in [0.29, 0.717) is 6.42 Å². The van der Waals surface area contributed by atoms with Gasteiger partial charge in [0.25, 0.3) is 5.91 Å². The molecule has 4 N–H and O–H groups in total. The molecule has 206 valence electrons. The van der Waals surface area contributed by atoms with Crippen molar-refractivity contribution in [1.82, 2.24) is 25.0 Å². The molecule has 12 nitrogen and oxygen atoms in total. The number of nitrogen functional groups attached to an aromatic ring is 1. The van der Waals surface area contributed by atoms with Crippen LogP contribution in [0.1, 0.15) is 34.1 Å². The van der Waals surface area contributed by atoms with Crippen molar-refractivity contribution in [3.05, 3.63) is 40.7 Å². The Labute approximate surface area is 221 Å². The lowest BCUT2D eigenvalue weighted by Gasteiger charge is -2.15. The predicted molar refractivity (Wildman–Crippen MR) is 135 cm³/mol. The molecule has 1 atom stereocenters.